The molecule has 0 spiro atoms. The third-order valence-electron chi connectivity index (χ3n) is 3.67. The van der Waals surface area contributed by atoms with Gasteiger partial charge in [0.25, 0.3) is 11.2 Å². The second-order valence-corrected chi connectivity index (χ2v) is 5.50. The van der Waals surface area contributed by atoms with Gasteiger partial charge in [-0.1, -0.05) is 18.2 Å². The van der Waals surface area contributed by atoms with Crippen LogP contribution >= 0.6 is 0 Å². The van der Waals surface area contributed by atoms with Gasteiger partial charge < -0.3 is 5.11 Å². The van der Waals surface area contributed by atoms with Crippen molar-refractivity contribution in [3.8, 4) is 5.75 Å². The normalized spacial score (nSPS) is 11.3. The highest BCUT2D eigenvalue weighted by molar-refractivity contribution is 5.86. The molecule has 0 saturated heterocycles. The maximum atomic E-state index is 12.5. The average Bonchev–Trinajstić information content (AvgIpc) is 2.57. The summed E-state index contributed by atoms with van der Waals surface area (Å²) < 4.78 is 1.07. The number of nitrogens with zero attached hydrogens (tertiary/aromatic N) is 4. The number of nitro benzene ring substituents is 1. The molecule has 3 aromatic rings. The molecule has 8 nitrogen and oxygen atoms in total. The number of nitro groups is 1. The van der Waals surface area contributed by atoms with Crippen molar-refractivity contribution in [2.75, 3.05) is 0 Å². The first-order valence-corrected chi connectivity index (χ1v) is 7.37. The molecule has 0 N–H and O–H groups in total. The van der Waals surface area contributed by atoms with Gasteiger partial charge in [-0.2, -0.15) is 9.78 Å². The summed E-state index contributed by atoms with van der Waals surface area (Å²) in [5, 5.41) is 27.5. The number of benzene rings is 2. The summed E-state index contributed by atoms with van der Waals surface area (Å²) in [4.78, 5) is 27.0. The van der Waals surface area contributed by atoms with Gasteiger partial charge in [-0.15, -0.1) is 0 Å². The van der Waals surface area contributed by atoms with E-state index in [0.29, 0.717) is 22.3 Å². The molecular formula is C17H13N4O4-. The molecular weight excluding hydrogens is 324 g/mol. The van der Waals surface area contributed by atoms with Crippen molar-refractivity contribution >= 4 is 22.8 Å². The largest absolute Gasteiger partial charge is 0.867 e. The van der Waals surface area contributed by atoms with Crippen LogP contribution in [0.4, 0.5) is 5.69 Å². The molecule has 0 bridgehead atoms. The summed E-state index contributed by atoms with van der Waals surface area (Å²) in [5.41, 5.74) is 0.225. The van der Waals surface area contributed by atoms with Crippen LogP contribution < -0.4 is 10.7 Å². The van der Waals surface area contributed by atoms with Crippen LogP contribution in [0.2, 0.25) is 0 Å². The van der Waals surface area contributed by atoms with E-state index in [1.807, 2.05) is 0 Å². The molecule has 0 aliphatic rings. The fourth-order valence-electron chi connectivity index (χ4n) is 2.50. The number of hydrogen-bond donors (Lipinski definition) is 0. The molecule has 25 heavy (non-hydrogen) atoms. The number of fused-ring (bicyclic) bond motifs is 1. The van der Waals surface area contributed by atoms with Gasteiger partial charge in [-0.3, -0.25) is 14.9 Å². The van der Waals surface area contributed by atoms with Gasteiger partial charge in [0.2, 0.25) is 0 Å². The zero-order valence-corrected chi connectivity index (χ0v) is 13.5. The van der Waals surface area contributed by atoms with Crippen molar-refractivity contribution < 1.29 is 10.0 Å². The van der Waals surface area contributed by atoms with Crippen LogP contribution in [0.25, 0.3) is 10.9 Å². The third kappa shape index (κ3) is 2.97. The molecule has 1 aromatic heterocycles. The third-order valence-corrected chi connectivity index (χ3v) is 3.67. The molecule has 126 valence electrons. The van der Waals surface area contributed by atoms with Gasteiger partial charge in [0, 0.05) is 6.07 Å². The van der Waals surface area contributed by atoms with E-state index in [0.717, 1.165) is 10.9 Å². The SMILES string of the molecule is Cc1cc(/C=N\n2c(C)nc3ccccc3c2=O)c([O-])c([N+](=O)[O-])c1. The minimum Gasteiger partial charge on any atom is -0.867 e. The van der Waals surface area contributed by atoms with Crippen LogP contribution in [-0.4, -0.2) is 20.8 Å². The molecule has 0 fully saturated rings. The Balaban J connectivity index is 2.14. The molecule has 0 unspecified atom stereocenters. The van der Waals surface area contributed by atoms with E-state index in [2.05, 4.69) is 10.1 Å². The fraction of sp³-hybridized carbons (Fsp3) is 0.118. The summed E-state index contributed by atoms with van der Waals surface area (Å²) >= 11 is 0. The first-order valence-electron chi connectivity index (χ1n) is 7.37. The smallest absolute Gasteiger partial charge is 0.282 e. The van der Waals surface area contributed by atoms with Crippen LogP contribution in [0.15, 0.2) is 46.3 Å². The Morgan fingerprint density at radius 3 is 2.68 bits per heavy atom. The predicted octanol–water partition coefficient (Wildman–Crippen LogP) is 1.88. The van der Waals surface area contributed by atoms with Crippen LogP contribution in [-0.2, 0) is 0 Å². The summed E-state index contributed by atoms with van der Waals surface area (Å²) in [6.45, 7) is 3.25. The van der Waals surface area contributed by atoms with E-state index < -0.39 is 16.4 Å². The second-order valence-electron chi connectivity index (χ2n) is 5.50. The van der Waals surface area contributed by atoms with Crippen molar-refractivity contribution in [1.82, 2.24) is 9.66 Å². The van der Waals surface area contributed by atoms with Crippen LogP contribution in [0, 0.1) is 24.0 Å². The molecule has 0 atom stereocenters. The van der Waals surface area contributed by atoms with Gasteiger partial charge in [0.1, 0.15) is 5.82 Å². The Hall–Kier alpha value is -3.55. The fourth-order valence-corrected chi connectivity index (χ4v) is 2.50. The summed E-state index contributed by atoms with van der Waals surface area (Å²) in [5.74, 6) is -0.409. The van der Waals surface area contributed by atoms with Gasteiger partial charge in [0.05, 0.1) is 22.0 Å². The van der Waals surface area contributed by atoms with Crippen molar-refractivity contribution in [1.29, 1.82) is 0 Å². The van der Waals surface area contributed by atoms with Crippen LogP contribution in [0.1, 0.15) is 17.0 Å². The number of para-hydroxylation sites is 1. The summed E-state index contributed by atoms with van der Waals surface area (Å²) in [6, 6.07) is 9.53. The maximum Gasteiger partial charge on any atom is 0.282 e. The lowest BCUT2D eigenvalue weighted by Crippen LogP contribution is -2.20. The van der Waals surface area contributed by atoms with E-state index in [9.17, 15) is 20.0 Å². The lowest BCUT2D eigenvalue weighted by molar-refractivity contribution is -0.398. The standard InChI is InChI=1S/C17H14N4O4/c1-10-7-12(16(22)15(8-10)21(24)25)9-18-20-11(2)19-14-6-4-3-5-13(14)17(20)23/h3-9,22H,1-2H3/p-1/b18-9-. The van der Waals surface area contributed by atoms with Gasteiger partial charge in [-0.05, 0) is 42.9 Å². The Bertz CT molecular complexity index is 1090. The quantitative estimate of drug-likeness (QED) is 0.411. The Kier molecular flexibility index (Phi) is 4.02. The number of rotatable bonds is 3. The first kappa shape index (κ1) is 16.3. The Morgan fingerprint density at radius 2 is 1.96 bits per heavy atom. The van der Waals surface area contributed by atoms with Crippen molar-refractivity contribution in [3.63, 3.8) is 0 Å². The van der Waals surface area contributed by atoms with E-state index in [4.69, 9.17) is 0 Å². The first-order chi connectivity index (χ1) is 11.9. The Labute approximate surface area is 141 Å². The number of hydrogen-bond acceptors (Lipinski definition) is 6. The highest BCUT2D eigenvalue weighted by atomic mass is 16.6. The maximum absolute atomic E-state index is 12.5. The molecule has 3 rings (SSSR count). The van der Waals surface area contributed by atoms with Crippen LogP contribution in [0.3, 0.4) is 0 Å². The molecule has 8 heteroatoms. The van der Waals surface area contributed by atoms with E-state index in [-0.39, 0.29) is 11.1 Å². The lowest BCUT2D eigenvalue weighted by atomic mass is 10.1. The zero-order chi connectivity index (χ0) is 18.1. The number of aryl methyl sites for hydroxylation is 2. The van der Waals surface area contributed by atoms with Crippen LogP contribution in [0.5, 0.6) is 5.75 Å². The monoisotopic (exact) mass is 337 g/mol. The Morgan fingerprint density at radius 1 is 1.24 bits per heavy atom. The number of aromatic nitrogens is 2. The predicted molar refractivity (Wildman–Crippen MR) is 91.0 cm³/mol. The minimum atomic E-state index is -0.751. The minimum absolute atomic E-state index is 0.0335. The highest BCUT2D eigenvalue weighted by Gasteiger charge is 2.11. The van der Waals surface area contributed by atoms with E-state index >= 15 is 0 Å². The van der Waals surface area contributed by atoms with Crippen molar-refractivity contribution in [2.45, 2.75) is 13.8 Å². The van der Waals surface area contributed by atoms with Crippen molar-refractivity contribution in [2.24, 2.45) is 5.10 Å². The zero-order valence-electron chi connectivity index (χ0n) is 13.5. The summed E-state index contributed by atoms with van der Waals surface area (Å²) in [7, 11) is 0. The van der Waals surface area contributed by atoms with Gasteiger partial charge >= 0.3 is 0 Å². The molecule has 0 aliphatic heterocycles. The summed E-state index contributed by atoms with van der Waals surface area (Å²) in [6.07, 6.45) is 1.15. The van der Waals surface area contributed by atoms with Crippen molar-refractivity contribution in [3.05, 3.63) is 73.8 Å². The average molecular weight is 337 g/mol. The van der Waals surface area contributed by atoms with Gasteiger partial charge in [0.15, 0.2) is 0 Å². The van der Waals surface area contributed by atoms with E-state index in [1.165, 1.54) is 12.1 Å². The lowest BCUT2D eigenvalue weighted by Gasteiger charge is -2.12. The van der Waals surface area contributed by atoms with E-state index in [1.54, 1.807) is 38.1 Å². The highest BCUT2D eigenvalue weighted by Crippen LogP contribution is 2.27. The molecule has 0 aliphatic carbocycles. The topological polar surface area (TPSA) is 113 Å². The molecule has 0 amide bonds. The molecule has 0 saturated carbocycles. The molecule has 0 radical (unpaired) electrons. The molecule has 2 aromatic carbocycles. The second kappa shape index (κ2) is 6.16. The van der Waals surface area contributed by atoms with Gasteiger partial charge in [-0.25, -0.2) is 4.98 Å². The molecule has 1 heterocycles.